The molecule has 2 N–H and O–H groups in total. The van der Waals surface area contributed by atoms with E-state index in [2.05, 4.69) is 27.8 Å². The first kappa shape index (κ1) is 19.1. The van der Waals surface area contributed by atoms with Gasteiger partial charge < -0.3 is 10.6 Å². The van der Waals surface area contributed by atoms with E-state index in [9.17, 15) is 18.4 Å². The fourth-order valence-electron chi connectivity index (χ4n) is 3.87. The number of nitrogens with one attached hydrogen (secondary N) is 2. The predicted molar refractivity (Wildman–Crippen MR) is 95.2 cm³/mol. The fraction of sp³-hybridized carbons (Fsp3) is 0.667. The molecular formula is C15H21F2IN4O2. The van der Waals surface area contributed by atoms with Crippen LogP contribution in [0.4, 0.5) is 8.78 Å². The molecule has 134 valence electrons. The van der Waals surface area contributed by atoms with E-state index >= 15 is 0 Å². The zero-order chi connectivity index (χ0) is 16.6. The number of fused-ring (bicyclic) bond motifs is 5. The lowest BCUT2D eigenvalue weighted by Gasteiger charge is -2.18. The minimum Gasteiger partial charge on any atom is -0.355 e. The quantitative estimate of drug-likeness (QED) is 0.213. The summed E-state index contributed by atoms with van der Waals surface area (Å²) < 4.78 is 24.3. The molecule has 0 aromatic heterocycles. The van der Waals surface area contributed by atoms with Gasteiger partial charge in [-0.3, -0.25) is 19.5 Å². The summed E-state index contributed by atoms with van der Waals surface area (Å²) in [7, 11) is 1.47. The summed E-state index contributed by atoms with van der Waals surface area (Å²) >= 11 is 0. The third-order valence-corrected chi connectivity index (χ3v) is 4.84. The van der Waals surface area contributed by atoms with E-state index in [0.29, 0.717) is 0 Å². The van der Waals surface area contributed by atoms with Crippen molar-refractivity contribution in [3.63, 3.8) is 0 Å². The summed E-state index contributed by atoms with van der Waals surface area (Å²) in [6.45, 7) is 0.00248. The second kappa shape index (κ2) is 7.75. The van der Waals surface area contributed by atoms with Crippen molar-refractivity contribution in [2.24, 2.45) is 28.7 Å². The Balaban J connectivity index is 0.00000208. The van der Waals surface area contributed by atoms with Crippen LogP contribution in [0.5, 0.6) is 0 Å². The Morgan fingerprint density at radius 2 is 1.83 bits per heavy atom. The Bertz CT molecular complexity index is 540. The summed E-state index contributed by atoms with van der Waals surface area (Å²) in [4.78, 5) is 30.0. The molecule has 0 radical (unpaired) electrons. The van der Waals surface area contributed by atoms with Crippen LogP contribution < -0.4 is 10.6 Å². The van der Waals surface area contributed by atoms with Gasteiger partial charge in [0.2, 0.25) is 11.8 Å². The molecule has 1 heterocycles. The lowest BCUT2D eigenvalue weighted by Crippen LogP contribution is -2.44. The average molecular weight is 454 g/mol. The topological polar surface area (TPSA) is 73.8 Å². The van der Waals surface area contributed by atoms with Gasteiger partial charge in [-0.05, 0) is 18.3 Å². The highest BCUT2D eigenvalue weighted by atomic mass is 127. The molecule has 2 aliphatic carbocycles. The van der Waals surface area contributed by atoms with Crippen molar-refractivity contribution in [3.8, 4) is 0 Å². The molecule has 2 amide bonds. The Morgan fingerprint density at radius 1 is 1.25 bits per heavy atom. The van der Waals surface area contributed by atoms with Gasteiger partial charge in [-0.2, -0.15) is 0 Å². The molecule has 2 bridgehead atoms. The molecule has 0 aromatic carbocycles. The maximum Gasteiger partial charge on any atom is 0.255 e. The SMILES string of the molecule is CN=C(NCCN1C(=O)C2C3C=CC(C3)C2C1=O)NCC(F)F.I. The van der Waals surface area contributed by atoms with Gasteiger partial charge in [-0.25, -0.2) is 8.78 Å². The first-order valence-electron chi connectivity index (χ1n) is 7.79. The van der Waals surface area contributed by atoms with E-state index in [1.54, 1.807) is 0 Å². The number of allylic oxidation sites excluding steroid dienone is 2. The van der Waals surface area contributed by atoms with E-state index in [1.807, 2.05) is 0 Å². The molecule has 0 aromatic rings. The highest BCUT2D eigenvalue weighted by Gasteiger charge is 2.58. The molecule has 6 nitrogen and oxygen atoms in total. The van der Waals surface area contributed by atoms with Crippen LogP contribution in [0.25, 0.3) is 0 Å². The van der Waals surface area contributed by atoms with E-state index in [-0.39, 0.29) is 78.5 Å². The van der Waals surface area contributed by atoms with E-state index in [1.165, 1.54) is 11.9 Å². The highest BCUT2D eigenvalue weighted by molar-refractivity contribution is 14.0. The number of imide groups is 1. The van der Waals surface area contributed by atoms with Crippen LogP contribution in [0, 0.1) is 23.7 Å². The Kier molecular flexibility index (Phi) is 6.16. The summed E-state index contributed by atoms with van der Waals surface area (Å²) in [6, 6.07) is 0. The Hall–Kier alpha value is -1.26. The van der Waals surface area contributed by atoms with Crippen LogP contribution >= 0.6 is 24.0 Å². The normalized spacial score (nSPS) is 30.8. The number of rotatable bonds is 5. The van der Waals surface area contributed by atoms with Crippen LogP contribution in [-0.4, -0.2) is 55.8 Å². The van der Waals surface area contributed by atoms with Gasteiger partial charge in [-0.1, -0.05) is 12.2 Å². The number of aliphatic imine (C=N–C) groups is 1. The van der Waals surface area contributed by atoms with Gasteiger partial charge in [0.05, 0.1) is 18.4 Å². The van der Waals surface area contributed by atoms with Crippen molar-refractivity contribution in [1.29, 1.82) is 0 Å². The zero-order valence-electron chi connectivity index (χ0n) is 13.2. The van der Waals surface area contributed by atoms with Crippen LogP contribution in [0.15, 0.2) is 17.1 Å². The monoisotopic (exact) mass is 454 g/mol. The van der Waals surface area contributed by atoms with Crippen LogP contribution in [0.3, 0.4) is 0 Å². The Labute approximate surface area is 156 Å². The largest absolute Gasteiger partial charge is 0.355 e. The number of hydrogen-bond donors (Lipinski definition) is 2. The number of likely N-dealkylation sites (tertiary alicyclic amines) is 1. The first-order chi connectivity index (χ1) is 11.0. The molecule has 3 rings (SSSR count). The van der Waals surface area contributed by atoms with Crippen LogP contribution in [-0.2, 0) is 9.59 Å². The summed E-state index contributed by atoms with van der Waals surface area (Å²) in [6.07, 6.45) is 2.53. The van der Waals surface area contributed by atoms with Crippen molar-refractivity contribution >= 4 is 41.8 Å². The summed E-state index contributed by atoms with van der Waals surface area (Å²) in [5.74, 6) is 0.0111. The molecule has 4 atom stereocenters. The van der Waals surface area contributed by atoms with Gasteiger partial charge >= 0.3 is 0 Å². The number of carbonyl (C=O) groups excluding carboxylic acids is 2. The number of halogens is 3. The summed E-state index contributed by atoms with van der Waals surface area (Å²) in [5, 5.41) is 5.31. The Morgan fingerprint density at radius 3 is 2.33 bits per heavy atom. The molecule has 3 aliphatic rings. The standard InChI is InChI=1S/C15H20F2N4O2.HI/c1-18-15(20-7-10(16)17)19-4-5-21-13(22)11-8-2-3-9(6-8)12(11)14(21)23;/h2-3,8-12H,4-7H2,1H3,(H2,18,19,20);1H. The lowest BCUT2D eigenvalue weighted by atomic mass is 9.85. The number of nitrogens with zero attached hydrogens (tertiary/aromatic N) is 2. The third kappa shape index (κ3) is 3.40. The smallest absolute Gasteiger partial charge is 0.255 e. The molecule has 1 aliphatic heterocycles. The van der Waals surface area contributed by atoms with Crippen molar-refractivity contribution in [1.82, 2.24) is 15.5 Å². The number of alkyl halides is 2. The number of hydrogen-bond acceptors (Lipinski definition) is 3. The maximum absolute atomic E-state index is 12.4. The minimum absolute atomic E-state index is 0. The molecule has 9 heteroatoms. The molecule has 2 fully saturated rings. The fourth-order valence-corrected chi connectivity index (χ4v) is 3.87. The van der Waals surface area contributed by atoms with Crippen LogP contribution in [0.1, 0.15) is 6.42 Å². The minimum atomic E-state index is -2.47. The number of guanidine groups is 1. The van der Waals surface area contributed by atoms with E-state index in [0.717, 1.165) is 6.42 Å². The van der Waals surface area contributed by atoms with Crippen molar-refractivity contribution < 1.29 is 18.4 Å². The van der Waals surface area contributed by atoms with Gasteiger partial charge in [-0.15, -0.1) is 24.0 Å². The number of carbonyl (C=O) groups is 2. The van der Waals surface area contributed by atoms with Gasteiger partial charge in [0.1, 0.15) is 0 Å². The second-order valence-electron chi connectivity index (χ2n) is 6.10. The second-order valence-corrected chi connectivity index (χ2v) is 6.10. The van der Waals surface area contributed by atoms with Crippen molar-refractivity contribution in [2.45, 2.75) is 12.8 Å². The van der Waals surface area contributed by atoms with Gasteiger partial charge in [0, 0.05) is 20.1 Å². The third-order valence-electron chi connectivity index (χ3n) is 4.84. The van der Waals surface area contributed by atoms with Crippen molar-refractivity contribution in [2.75, 3.05) is 26.7 Å². The molecule has 24 heavy (non-hydrogen) atoms. The van der Waals surface area contributed by atoms with E-state index in [4.69, 9.17) is 0 Å². The summed E-state index contributed by atoms with van der Waals surface area (Å²) in [5.41, 5.74) is 0. The molecule has 1 saturated carbocycles. The molecule has 4 unspecified atom stereocenters. The zero-order valence-corrected chi connectivity index (χ0v) is 15.6. The van der Waals surface area contributed by atoms with Crippen LogP contribution in [0.2, 0.25) is 0 Å². The van der Waals surface area contributed by atoms with Crippen molar-refractivity contribution in [3.05, 3.63) is 12.2 Å². The maximum atomic E-state index is 12.4. The highest BCUT2D eigenvalue weighted by Crippen LogP contribution is 2.52. The average Bonchev–Trinajstić information content (AvgIpc) is 3.19. The van der Waals surface area contributed by atoms with Gasteiger partial charge in [0.15, 0.2) is 5.96 Å². The molecule has 0 spiro atoms. The van der Waals surface area contributed by atoms with Gasteiger partial charge in [0.25, 0.3) is 6.43 Å². The number of amides is 2. The predicted octanol–water partition coefficient (Wildman–Crippen LogP) is 0.842. The lowest BCUT2D eigenvalue weighted by molar-refractivity contribution is -0.140. The first-order valence-corrected chi connectivity index (χ1v) is 7.79. The molecular weight excluding hydrogens is 433 g/mol. The molecule has 1 saturated heterocycles. The van der Waals surface area contributed by atoms with E-state index < -0.39 is 13.0 Å².